The molecule has 6 nitrogen and oxygen atoms in total. The van der Waals surface area contributed by atoms with Gasteiger partial charge < -0.3 is 0 Å². The summed E-state index contributed by atoms with van der Waals surface area (Å²) in [6.07, 6.45) is 12.1. The topological polar surface area (TPSA) is 104 Å². The summed E-state index contributed by atoms with van der Waals surface area (Å²) >= 11 is 0. The molecule has 5 atom stereocenters. The monoisotopic (exact) mass is 572 g/mol. The van der Waals surface area contributed by atoms with Gasteiger partial charge in [0.2, 0.25) is 10.0 Å². The van der Waals surface area contributed by atoms with Crippen molar-refractivity contribution in [3.63, 3.8) is 0 Å². The molecule has 0 aromatic carbocycles. The first-order chi connectivity index (χ1) is 18.1. The second kappa shape index (κ2) is 10.5. The van der Waals surface area contributed by atoms with Crippen LogP contribution in [-0.4, -0.2) is 31.8 Å². The lowest BCUT2D eigenvalue weighted by Crippen LogP contribution is -2.58. The van der Waals surface area contributed by atoms with E-state index < -0.39 is 31.8 Å². The lowest BCUT2D eigenvalue weighted by molar-refractivity contribution is -0.133. The third kappa shape index (κ3) is 5.91. The van der Waals surface area contributed by atoms with Crippen molar-refractivity contribution >= 4 is 21.6 Å². The Morgan fingerprint density at radius 2 is 1.68 bits per heavy atom. The van der Waals surface area contributed by atoms with Gasteiger partial charge in [-0.2, -0.15) is 5.26 Å². The van der Waals surface area contributed by atoms with Crippen LogP contribution in [0, 0.1) is 44.3 Å². The first-order valence-corrected chi connectivity index (χ1v) is 16.9. The number of allylic oxidation sites excluding steroid dienone is 4. The number of fused-ring (bicyclic) bond motifs is 3. The second-order valence-corrected chi connectivity index (χ2v) is 17.3. The minimum atomic E-state index is -3.44. The Kier molecular flexibility index (Phi) is 8.59. The SMILES string of the molecule is CCCC(C)(C)CC[C@@](C)(CC[C@]1(C)CC(=O)C=C2[C@@]3(C)C=C(C#N)C(=O)C(C)(C)[C@@H]3CC[C@]21C)NS(C)(=O)=O. The molecule has 3 aliphatic carbocycles. The molecule has 3 rings (SSSR count). The van der Waals surface area contributed by atoms with Gasteiger partial charge in [-0.05, 0) is 80.1 Å². The quantitative estimate of drug-likeness (QED) is 0.301. The maximum atomic E-state index is 13.4. The lowest BCUT2D eigenvalue weighted by Gasteiger charge is -2.63. The number of ketones is 2. The molecule has 40 heavy (non-hydrogen) atoms. The highest BCUT2D eigenvalue weighted by molar-refractivity contribution is 7.88. The van der Waals surface area contributed by atoms with Crippen molar-refractivity contribution in [2.24, 2.45) is 33.0 Å². The van der Waals surface area contributed by atoms with Crippen LogP contribution in [0.3, 0.4) is 0 Å². The van der Waals surface area contributed by atoms with E-state index in [2.05, 4.69) is 52.3 Å². The molecule has 0 heterocycles. The molecule has 1 saturated carbocycles. The van der Waals surface area contributed by atoms with Gasteiger partial charge in [-0.15, -0.1) is 0 Å². The molecular formula is C33H52N2O4S. The fraction of sp³-hybridized carbons (Fsp3) is 0.788. The second-order valence-electron chi connectivity index (χ2n) is 15.5. The van der Waals surface area contributed by atoms with Gasteiger partial charge in [0.25, 0.3) is 0 Å². The predicted molar refractivity (Wildman–Crippen MR) is 161 cm³/mol. The molecule has 0 radical (unpaired) electrons. The van der Waals surface area contributed by atoms with Gasteiger partial charge in [-0.25, -0.2) is 13.1 Å². The lowest BCUT2D eigenvalue weighted by atomic mass is 9.40. The van der Waals surface area contributed by atoms with Crippen molar-refractivity contribution in [1.82, 2.24) is 4.72 Å². The van der Waals surface area contributed by atoms with E-state index in [1.54, 1.807) is 0 Å². The van der Waals surface area contributed by atoms with E-state index in [4.69, 9.17) is 0 Å². The molecule has 0 aliphatic heterocycles. The largest absolute Gasteiger partial charge is 0.295 e. The molecule has 1 fully saturated rings. The number of carbonyl (C=O) groups excluding carboxylic acids is 2. The minimum absolute atomic E-state index is 0.00274. The van der Waals surface area contributed by atoms with E-state index in [-0.39, 0.29) is 33.9 Å². The fourth-order valence-corrected chi connectivity index (χ4v) is 9.73. The summed E-state index contributed by atoms with van der Waals surface area (Å²) in [6.45, 7) is 19.1. The molecule has 0 unspecified atom stereocenters. The van der Waals surface area contributed by atoms with E-state index in [1.165, 1.54) is 6.26 Å². The van der Waals surface area contributed by atoms with Crippen LogP contribution in [0.2, 0.25) is 0 Å². The molecule has 0 aromatic heterocycles. The Bertz CT molecular complexity index is 1270. The van der Waals surface area contributed by atoms with Gasteiger partial charge in [0.1, 0.15) is 6.07 Å². The van der Waals surface area contributed by atoms with Crippen LogP contribution in [0.4, 0.5) is 0 Å². The molecule has 224 valence electrons. The highest BCUT2D eigenvalue weighted by Crippen LogP contribution is 2.69. The first-order valence-electron chi connectivity index (χ1n) is 15.0. The van der Waals surface area contributed by atoms with Gasteiger partial charge in [0, 0.05) is 22.8 Å². The van der Waals surface area contributed by atoms with E-state index in [0.29, 0.717) is 19.3 Å². The molecule has 0 spiro atoms. The van der Waals surface area contributed by atoms with Crippen LogP contribution in [0.25, 0.3) is 0 Å². The molecule has 0 amide bonds. The highest BCUT2D eigenvalue weighted by atomic mass is 32.2. The molecule has 0 bridgehead atoms. The molecule has 7 heteroatoms. The Hall–Kier alpha value is -1.78. The molecule has 3 aliphatic rings. The van der Waals surface area contributed by atoms with Gasteiger partial charge in [0.05, 0.1) is 11.8 Å². The van der Waals surface area contributed by atoms with Gasteiger partial charge in [-0.3, -0.25) is 9.59 Å². The van der Waals surface area contributed by atoms with Gasteiger partial charge in [0.15, 0.2) is 11.6 Å². The normalized spacial score (nSPS) is 33.7. The van der Waals surface area contributed by atoms with Crippen LogP contribution < -0.4 is 4.72 Å². The summed E-state index contributed by atoms with van der Waals surface area (Å²) in [5, 5.41) is 9.84. The molecule has 1 N–H and O–H groups in total. The van der Waals surface area contributed by atoms with Crippen molar-refractivity contribution in [3.8, 4) is 6.07 Å². The van der Waals surface area contributed by atoms with E-state index in [9.17, 15) is 23.3 Å². The van der Waals surface area contributed by atoms with Gasteiger partial charge >= 0.3 is 0 Å². The zero-order valence-corrected chi connectivity index (χ0v) is 27.4. The summed E-state index contributed by atoms with van der Waals surface area (Å²) in [6, 6.07) is 2.14. The smallest absolute Gasteiger partial charge is 0.209 e. The number of nitrogens with zero attached hydrogens (tertiary/aromatic N) is 1. The number of hydrogen-bond donors (Lipinski definition) is 1. The third-order valence-electron chi connectivity index (χ3n) is 11.2. The maximum absolute atomic E-state index is 13.4. The Balaban J connectivity index is 2.01. The first kappa shape index (κ1) is 32.7. The van der Waals surface area contributed by atoms with Crippen LogP contribution in [-0.2, 0) is 19.6 Å². The maximum Gasteiger partial charge on any atom is 0.209 e. The summed E-state index contributed by atoms with van der Waals surface area (Å²) in [5.74, 6) is -0.0439. The average molecular weight is 573 g/mol. The van der Waals surface area contributed by atoms with Crippen molar-refractivity contribution in [2.45, 2.75) is 126 Å². The van der Waals surface area contributed by atoms with E-state index in [1.807, 2.05) is 32.9 Å². The standard InChI is InChI=1S/C33H52N2O4S/c1-11-13-28(2,3)15-17-31(7,35-40(10,38)39)18-16-30(6)21-24(36)19-26-32(8)20-23(22-34)27(37)29(4,5)25(32)12-14-33(26,30)9/h19-20,25,35H,11-18,21H2,1-10H3/t25-,30+,31-,32-,33+/m0/s1. The summed E-state index contributed by atoms with van der Waals surface area (Å²) in [7, 11) is -3.44. The number of sulfonamides is 1. The molecule has 0 saturated heterocycles. The van der Waals surface area contributed by atoms with Crippen LogP contribution >= 0.6 is 0 Å². The Labute approximate surface area is 243 Å². The predicted octanol–water partition coefficient (Wildman–Crippen LogP) is 7.07. The summed E-state index contributed by atoms with van der Waals surface area (Å²) in [4.78, 5) is 26.6. The minimum Gasteiger partial charge on any atom is -0.295 e. The number of nitriles is 1. The molecule has 0 aromatic rings. The van der Waals surface area contributed by atoms with Crippen LogP contribution in [0.15, 0.2) is 23.3 Å². The van der Waals surface area contributed by atoms with Crippen molar-refractivity contribution < 1.29 is 18.0 Å². The summed E-state index contributed by atoms with van der Waals surface area (Å²) in [5.41, 5.74) is -1.29. The number of Topliss-reactive ketones (excluding diaryl/α,β-unsaturated/α-hetero) is 1. The van der Waals surface area contributed by atoms with Crippen LogP contribution in [0.1, 0.15) is 120 Å². The number of nitrogens with one attached hydrogen (secondary N) is 1. The molecular weight excluding hydrogens is 520 g/mol. The summed E-state index contributed by atoms with van der Waals surface area (Å²) < 4.78 is 27.9. The van der Waals surface area contributed by atoms with E-state index >= 15 is 0 Å². The van der Waals surface area contributed by atoms with Crippen molar-refractivity contribution in [2.75, 3.05) is 6.26 Å². The van der Waals surface area contributed by atoms with E-state index in [0.717, 1.165) is 44.1 Å². The Morgan fingerprint density at radius 1 is 1.05 bits per heavy atom. The van der Waals surface area contributed by atoms with Gasteiger partial charge in [-0.1, -0.05) is 73.5 Å². The third-order valence-corrected chi connectivity index (χ3v) is 12.1. The zero-order chi connectivity index (χ0) is 30.6. The highest BCUT2D eigenvalue weighted by Gasteiger charge is 2.63. The number of carbonyl (C=O) groups is 2. The zero-order valence-electron chi connectivity index (χ0n) is 26.6. The van der Waals surface area contributed by atoms with Crippen molar-refractivity contribution in [3.05, 3.63) is 23.3 Å². The van der Waals surface area contributed by atoms with Crippen LogP contribution in [0.5, 0.6) is 0 Å². The fourth-order valence-electron chi connectivity index (χ4n) is 8.63. The van der Waals surface area contributed by atoms with Crippen molar-refractivity contribution in [1.29, 1.82) is 5.26 Å². The number of rotatable bonds is 10. The number of hydrogen-bond acceptors (Lipinski definition) is 5. The Morgan fingerprint density at radius 3 is 2.23 bits per heavy atom. The average Bonchev–Trinajstić information content (AvgIpc) is 2.80.